The molecule has 7 nitrogen and oxygen atoms in total. The van der Waals surface area contributed by atoms with Crippen LogP contribution in [0.3, 0.4) is 0 Å². The topological polar surface area (TPSA) is 92.4 Å². The van der Waals surface area contributed by atoms with Crippen molar-refractivity contribution < 1.29 is 17.3 Å². The quantitative estimate of drug-likeness (QED) is 0.491. The molecule has 2 atom stereocenters. The molecule has 2 fully saturated rings. The van der Waals surface area contributed by atoms with Crippen molar-refractivity contribution >= 4 is 17.5 Å². The normalized spacial score (nSPS) is 25.8. The SMILES string of the molecule is CC.CC1CCC([C@H](NC(=O)C2=CONC2C)C(=O)Nc2ccc(C3CCCCC3)nc2)CC1.[HH].[HH]. The van der Waals surface area contributed by atoms with Crippen LogP contribution in [0.4, 0.5) is 5.69 Å². The van der Waals surface area contributed by atoms with E-state index in [1.165, 1.54) is 38.4 Å². The molecule has 2 saturated carbocycles. The Hall–Kier alpha value is -2.41. The summed E-state index contributed by atoms with van der Waals surface area (Å²) < 4.78 is 0. The number of nitrogens with zero attached hydrogens (tertiary/aromatic N) is 1. The van der Waals surface area contributed by atoms with E-state index in [1.54, 1.807) is 6.20 Å². The number of aromatic nitrogens is 1. The van der Waals surface area contributed by atoms with E-state index in [0.717, 1.165) is 31.4 Å². The van der Waals surface area contributed by atoms with Crippen LogP contribution in [0.5, 0.6) is 0 Å². The van der Waals surface area contributed by atoms with Crippen LogP contribution in [0.2, 0.25) is 0 Å². The number of carbonyl (C=O) groups is 2. The summed E-state index contributed by atoms with van der Waals surface area (Å²) in [7, 11) is 0. The van der Waals surface area contributed by atoms with Gasteiger partial charge in [-0.25, -0.2) is 0 Å². The van der Waals surface area contributed by atoms with E-state index in [9.17, 15) is 9.59 Å². The van der Waals surface area contributed by atoms with E-state index in [1.807, 2.05) is 32.9 Å². The molecule has 2 amide bonds. The van der Waals surface area contributed by atoms with Crippen molar-refractivity contribution in [2.24, 2.45) is 11.8 Å². The standard InChI is InChI=1S/C25H36N4O3.C2H6.2H2/c1-16-8-10-19(11-9-16)23(28-24(30)21-15-32-29-17(21)2)25(31)27-20-12-13-22(26-14-20)18-6-4-3-5-7-18;1-2;;/h12-19,23,29H,3-11H2,1-2H3,(H,27,31)(H,28,30);1-2H3;2*1H/t16?,17?,19?,23-;;;/m0.../s1. The maximum Gasteiger partial charge on any atom is 0.252 e. The molecule has 0 saturated heterocycles. The first-order valence-electron chi connectivity index (χ1n) is 13.2. The highest BCUT2D eigenvalue weighted by Crippen LogP contribution is 2.33. The maximum atomic E-state index is 13.3. The monoisotopic (exact) mass is 474 g/mol. The summed E-state index contributed by atoms with van der Waals surface area (Å²) in [4.78, 5) is 35.9. The average Bonchev–Trinajstić information content (AvgIpc) is 3.31. The van der Waals surface area contributed by atoms with Crippen molar-refractivity contribution in [2.75, 3.05) is 5.32 Å². The Bertz CT molecular complexity index is 836. The van der Waals surface area contributed by atoms with E-state index in [-0.39, 0.29) is 26.6 Å². The van der Waals surface area contributed by atoms with Gasteiger partial charge < -0.3 is 15.5 Å². The first-order valence-corrected chi connectivity index (χ1v) is 13.2. The van der Waals surface area contributed by atoms with Gasteiger partial charge in [-0.05, 0) is 56.6 Å². The van der Waals surface area contributed by atoms with Crippen LogP contribution < -0.4 is 16.1 Å². The van der Waals surface area contributed by atoms with E-state index in [2.05, 4.69) is 28.0 Å². The van der Waals surface area contributed by atoms with Gasteiger partial charge >= 0.3 is 0 Å². The van der Waals surface area contributed by atoms with E-state index < -0.39 is 6.04 Å². The third-order valence-electron chi connectivity index (χ3n) is 7.34. The second-order valence-corrected chi connectivity index (χ2v) is 9.80. The molecule has 7 heteroatoms. The van der Waals surface area contributed by atoms with Crippen molar-refractivity contribution in [1.29, 1.82) is 0 Å². The second kappa shape index (κ2) is 12.9. The highest BCUT2D eigenvalue weighted by atomic mass is 16.6. The Morgan fingerprint density at radius 3 is 2.35 bits per heavy atom. The van der Waals surface area contributed by atoms with Gasteiger partial charge in [0.15, 0.2) is 0 Å². The fourth-order valence-electron chi connectivity index (χ4n) is 5.20. The molecule has 1 unspecified atom stereocenters. The first-order chi connectivity index (χ1) is 16.5. The zero-order valence-corrected chi connectivity index (χ0v) is 21.2. The summed E-state index contributed by atoms with van der Waals surface area (Å²) in [6.45, 7) is 8.10. The number of carbonyl (C=O) groups excluding carboxylic acids is 2. The van der Waals surface area contributed by atoms with Crippen molar-refractivity contribution in [2.45, 2.75) is 103 Å². The number of rotatable bonds is 6. The number of hydroxylamine groups is 1. The molecular weight excluding hydrogens is 428 g/mol. The fourth-order valence-corrected chi connectivity index (χ4v) is 5.20. The molecular formula is C27H46N4O3. The zero-order chi connectivity index (χ0) is 24.5. The number of anilines is 1. The van der Waals surface area contributed by atoms with Gasteiger partial charge in [0.05, 0.1) is 23.5 Å². The van der Waals surface area contributed by atoms with Crippen LogP contribution in [0.15, 0.2) is 30.2 Å². The molecule has 0 radical (unpaired) electrons. The van der Waals surface area contributed by atoms with Crippen LogP contribution >= 0.6 is 0 Å². The van der Waals surface area contributed by atoms with E-state index in [4.69, 9.17) is 4.84 Å². The van der Waals surface area contributed by atoms with Crippen molar-refractivity contribution in [1.82, 2.24) is 15.8 Å². The lowest BCUT2D eigenvalue weighted by Gasteiger charge is -2.32. The highest BCUT2D eigenvalue weighted by molar-refractivity contribution is 6.01. The molecule has 2 heterocycles. The van der Waals surface area contributed by atoms with Crippen LogP contribution in [0.1, 0.15) is 99.9 Å². The molecule has 3 N–H and O–H groups in total. The third-order valence-corrected chi connectivity index (χ3v) is 7.34. The van der Waals surface area contributed by atoms with E-state index in [0.29, 0.717) is 23.1 Å². The lowest BCUT2D eigenvalue weighted by Crippen LogP contribution is -2.50. The minimum atomic E-state index is -0.582. The van der Waals surface area contributed by atoms with Gasteiger partial charge in [0.25, 0.3) is 5.91 Å². The summed E-state index contributed by atoms with van der Waals surface area (Å²) in [6, 6.07) is 3.19. The number of pyridine rings is 1. The number of hydrogen-bond acceptors (Lipinski definition) is 5. The Morgan fingerprint density at radius 2 is 1.76 bits per heavy atom. The average molecular weight is 475 g/mol. The molecule has 34 heavy (non-hydrogen) atoms. The molecule has 4 rings (SSSR count). The van der Waals surface area contributed by atoms with Crippen molar-refractivity contribution in [3.63, 3.8) is 0 Å². The summed E-state index contributed by atoms with van der Waals surface area (Å²) in [5, 5.41) is 6.00. The summed E-state index contributed by atoms with van der Waals surface area (Å²) >= 11 is 0. The number of nitrogens with one attached hydrogen (secondary N) is 3. The molecule has 2 aliphatic carbocycles. The van der Waals surface area contributed by atoms with Crippen LogP contribution in [0, 0.1) is 11.8 Å². The van der Waals surface area contributed by atoms with E-state index >= 15 is 0 Å². The largest absolute Gasteiger partial charge is 0.415 e. The lowest BCUT2D eigenvalue weighted by atomic mass is 9.79. The van der Waals surface area contributed by atoms with Gasteiger partial charge in [0.1, 0.15) is 12.3 Å². The summed E-state index contributed by atoms with van der Waals surface area (Å²) in [5.74, 6) is 0.882. The predicted octanol–water partition coefficient (Wildman–Crippen LogP) is 5.70. The smallest absolute Gasteiger partial charge is 0.252 e. The summed E-state index contributed by atoms with van der Waals surface area (Å²) in [6.07, 6.45) is 13.4. The van der Waals surface area contributed by atoms with Crippen LogP contribution in [-0.4, -0.2) is 28.9 Å². The minimum absolute atomic E-state index is 0. The minimum Gasteiger partial charge on any atom is -0.415 e. The predicted molar refractivity (Wildman–Crippen MR) is 139 cm³/mol. The second-order valence-electron chi connectivity index (χ2n) is 9.80. The molecule has 0 bridgehead atoms. The van der Waals surface area contributed by atoms with Gasteiger partial charge in [0.2, 0.25) is 5.91 Å². The van der Waals surface area contributed by atoms with Gasteiger partial charge in [-0.1, -0.05) is 52.9 Å². The third kappa shape index (κ3) is 6.81. The van der Waals surface area contributed by atoms with Crippen molar-refractivity contribution in [3.05, 3.63) is 35.9 Å². The van der Waals surface area contributed by atoms with Gasteiger partial charge in [-0.2, -0.15) is 0 Å². The maximum absolute atomic E-state index is 13.3. The molecule has 1 aromatic heterocycles. The Morgan fingerprint density at radius 1 is 1.06 bits per heavy atom. The lowest BCUT2D eigenvalue weighted by molar-refractivity contribution is -0.126. The zero-order valence-electron chi connectivity index (χ0n) is 21.2. The Kier molecular flexibility index (Phi) is 9.93. The van der Waals surface area contributed by atoms with Gasteiger partial charge in [0, 0.05) is 14.5 Å². The van der Waals surface area contributed by atoms with Gasteiger partial charge in [-0.15, -0.1) is 5.48 Å². The Balaban J connectivity index is 0.00000158. The molecule has 3 aliphatic rings. The molecule has 0 aromatic carbocycles. The molecule has 0 spiro atoms. The first kappa shape index (κ1) is 26.2. The number of hydrogen-bond donors (Lipinski definition) is 3. The fraction of sp³-hybridized carbons (Fsp3) is 0.667. The Labute approximate surface area is 207 Å². The summed E-state index contributed by atoms with van der Waals surface area (Å²) in [5.41, 5.74) is 5.04. The molecule has 192 valence electrons. The number of amides is 2. The van der Waals surface area contributed by atoms with Crippen LogP contribution in [0.25, 0.3) is 0 Å². The van der Waals surface area contributed by atoms with Crippen LogP contribution in [-0.2, 0) is 14.4 Å². The van der Waals surface area contributed by atoms with Gasteiger partial charge in [-0.3, -0.25) is 14.6 Å². The molecule has 1 aromatic rings. The molecule has 1 aliphatic heterocycles. The van der Waals surface area contributed by atoms with Crippen molar-refractivity contribution in [3.8, 4) is 0 Å². The highest BCUT2D eigenvalue weighted by Gasteiger charge is 2.34.